The highest BCUT2D eigenvalue weighted by molar-refractivity contribution is 7.92. The van der Waals surface area contributed by atoms with Crippen molar-refractivity contribution >= 4 is 39.1 Å². The Bertz CT molecular complexity index is 1200. The van der Waals surface area contributed by atoms with Crippen LogP contribution in [-0.2, 0) is 32.3 Å². The zero-order valence-corrected chi connectivity index (χ0v) is 22.1. The van der Waals surface area contributed by atoms with Crippen LogP contribution < -0.4 is 9.62 Å². The van der Waals surface area contributed by atoms with E-state index in [0.29, 0.717) is 15.9 Å². The summed E-state index contributed by atoms with van der Waals surface area (Å²) in [5, 5.41) is 2.43. The molecule has 2 amide bonds. The fourth-order valence-corrected chi connectivity index (χ4v) is 4.48. The van der Waals surface area contributed by atoms with E-state index in [-0.39, 0.29) is 17.6 Å². The van der Waals surface area contributed by atoms with Crippen molar-refractivity contribution in [1.29, 1.82) is 0 Å². The number of carbonyl (C=O) groups is 2. The van der Waals surface area contributed by atoms with Gasteiger partial charge in [-0.1, -0.05) is 41.4 Å². The van der Waals surface area contributed by atoms with Crippen molar-refractivity contribution < 1.29 is 31.2 Å². The van der Waals surface area contributed by atoms with Crippen molar-refractivity contribution in [2.24, 2.45) is 0 Å². The lowest BCUT2D eigenvalue weighted by Crippen LogP contribution is -2.52. The van der Waals surface area contributed by atoms with Crippen LogP contribution in [0.4, 0.5) is 18.9 Å². The molecule has 12 heteroatoms. The number of hydrogen-bond acceptors (Lipinski definition) is 4. The standard InChI is InChI=1S/C24H29ClF3N3O4S/c1-15(2)29-23(33)17(4)30(13-18-8-6-16(3)7-9-18)22(32)14-31(36(5,34)35)21-12-19(24(26,27)28)10-11-20(21)25/h6-12,15,17H,13-14H2,1-5H3,(H,29,33). The third-order valence-corrected chi connectivity index (χ3v) is 6.74. The first-order valence-corrected chi connectivity index (χ1v) is 13.2. The fourth-order valence-electron chi connectivity index (χ4n) is 3.35. The van der Waals surface area contributed by atoms with Gasteiger partial charge >= 0.3 is 6.18 Å². The molecular weight excluding hydrogens is 519 g/mol. The molecule has 2 rings (SSSR count). The van der Waals surface area contributed by atoms with Gasteiger partial charge < -0.3 is 10.2 Å². The van der Waals surface area contributed by atoms with Crippen molar-refractivity contribution in [3.8, 4) is 0 Å². The maximum Gasteiger partial charge on any atom is 0.416 e. The van der Waals surface area contributed by atoms with Gasteiger partial charge in [0, 0.05) is 12.6 Å². The number of halogens is 4. The first kappa shape index (κ1) is 29.4. The minimum atomic E-state index is -4.76. The second-order valence-electron chi connectivity index (χ2n) is 8.78. The van der Waals surface area contributed by atoms with Gasteiger partial charge in [0.25, 0.3) is 0 Å². The molecule has 0 saturated heterocycles. The van der Waals surface area contributed by atoms with Crippen molar-refractivity contribution in [1.82, 2.24) is 10.2 Å². The van der Waals surface area contributed by atoms with Crippen molar-refractivity contribution in [2.45, 2.75) is 52.5 Å². The Labute approximate surface area is 214 Å². The molecule has 1 atom stereocenters. The van der Waals surface area contributed by atoms with Gasteiger partial charge in [-0.2, -0.15) is 13.2 Å². The van der Waals surface area contributed by atoms with Crippen LogP contribution in [0.25, 0.3) is 0 Å². The minimum absolute atomic E-state index is 0.0281. The summed E-state index contributed by atoms with van der Waals surface area (Å²) >= 11 is 6.06. The van der Waals surface area contributed by atoms with Crippen LogP contribution in [0.2, 0.25) is 5.02 Å². The number of benzene rings is 2. The first-order chi connectivity index (χ1) is 16.5. The summed E-state index contributed by atoms with van der Waals surface area (Å²) < 4.78 is 65.6. The normalized spacial score (nSPS) is 12.8. The Morgan fingerprint density at radius 3 is 2.14 bits per heavy atom. The molecule has 2 aromatic carbocycles. The highest BCUT2D eigenvalue weighted by Crippen LogP contribution is 2.36. The second-order valence-corrected chi connectivity index (χ2v) is 11.1. The minimum Gasteiger partial charge on any atom is -0.352 e. The maximum atomic E-state index is 13.4. The van der Waals surface area contributed by atoms with Crippen LogP contribution in [-0.4, -0.2) is 50.0 Å². The largest absolute Gasteiger partial charge is 0.416 e. The molecule has 36 heavy (non-hydrogen) atoms. The number of amides is 2. The van der Waals surface area contributed by atoms with Gasteiger partial charge in [-0.15, -0.1) is 0 Å². The van der Waals surface area contributed by atoms with E-state index in [9.17, 15) is 31.2 Å². The molecule has 2 aromatic rings. The highest BCUT2D eigenvalue weighted by atomic mass is 35.5. The molecule has 0 aliphatic rings. The quantitative estimate of drug-likeness (QED) is 0.505. The molecule has 0 fully saturated rings. The zero-order valence-electron chi connectivity index (χ0n) is 20.6. The number of sulfonamides is 1. The fraction of sp³-hybridized carbons (Fsp3) is 0.417. The third kappa shape index (κ3) is 7.86. The third-order valence-electron chi connectivity index (χ3n) is 5.29. The Kier molecular flexibility index (Phi) is 9.41. The predicted molar refractivity (Wildman–Crippen MR) is 133 cm³/mol. The van der Waals surface area contributed by atoms with Crippen LogP contribution in [0.5, 0.6) is 0 Å². The summed E-state index contributed by atoms with van der Waals surface area (Å²) in [7, 11) is -4.24. The summed E-state index contributed by atoms with van der Waals surface area (Å²) in [5.74, 6) is -1.26. The molecule has 0 radical (unpaired) electrons. The topological polar surface area (TPSA) is 86.8 Å². The molecule has 198 valence electrons. The van der Waals surface area contributed by atoms with Crippen molar-refractivity contribution in [3.05, 3.63) is 64.2 Å². The number of nitrogens with zero attached hydrogens (tertiary/aromatic N) is 2. The molecule has 0 saturated carbocycles. The molecule has 1 unspecified atom stereocenters. The van der Waals surface area contributed by atoms with E-state index < -0.39 is 51.9 Å². The Balaban J connectivity index is 2.49. The van der Waals surface area contributed by atoms with Crippen LogP contribution in [0.15, 0.2) is 42.5 Å². The van der Waals surface area contributed by atoms with Crippen LogP contribution >= 0.6 is 11.6 Å². The van der Waals surface area contributed by atoms with Gasteiger partial charge in [0.1, 0.15) is 12.6 Å². The van der Waals surface area contributed by atoms with E-state index in [1.165, 1.54) is 11.8 Å². The van der Waals surface area contributed by atoms with E-state index >= 15 is 0 Å². The summed E-state index contributed by atoms with van der Waals surface area (Å²) in [5.41, 5.74) is 0.0481. The van der Waals surface area contributed by atoms with Gasteiger partial charge in [-0.25, -0.2) is 8.42 Å². The maximum absolute atomic E-state index is 13.4. The number of anilines is 1. The van der Waals surface area contributed by atoms with Crippen LogP contribution in [0, 0.1) is 6.92 Å². The van der Waals surface area contributed by atoms with E-state index in [2.05, 4.69) is 5.32 Å². The van der Waals surface area contributed by atoms with Gasteiger partial charge in [0.2, 0.25) is 21.8 Å². The zero-order chi connectivity index (χ0) is 27.4. The summed E-state index contributed by atoms with van der Waals surface area (Å²) in [6, 6.07) is 8.18. The molecule has 0 aromatic heterocycles. The predicted octanol–water partition coefficient (Wildman–Crippen LogP) is 4.38. The number of alkyl halides is 3. The van der Waals surface area contributed by atoms with Gasteiger partial charge in [-0.05, 0) is 51.5 Å². The van der Waals surface area contributed by atoms with Gasteiger partial charge in [0.15, 0.2) is 0 Å². The average molecular weight is 548 g/mol. The number of hydrogen-bond donors (Lipinski definition) is 1. The Morgan fingerprint density at radius 1 is 1.06 bits per heavy atom. The molecule has 0 aliphatic heterocycles. The van der Waals surface area contributed by atoms with Crippen molar-refractivity contribution in [2.75, 3.05) is 17.1 Å². The number of nitrogens with one attached hydrogen (secondary N) is 1. The lowest BCUT2D eigenvalue weighted by Gasteiger charge is -2.32. The summed E-state index contributed by atoms with van der Waals surface area (Å²) in [6.45, 7) is 5.99. The average Bonchev–Trinajstić information content (AvgIpc) is 2.75. The summed E-state index contributed by atoms with van der Waals surface area (Å²) in [4.78, 5) is 27.3. The van der Waals surface area contributed by atoms with E-state index in [1.54, 1.807) is 26.0 Å². The first-order valence-electron chi connectivity index (χ1n) is 11.0. The highest BCUT2D eigenvalue weighted by Gasteiger charge is 2.34. The van der Waals surface area contributed by atoms with E-state index in [0.717, 1.165) is 24.0 Å². The number of rotatable bonds is 9. The monoisotopic (exact) mass is 547 g/mol. The molecule has 0 aliphatic carbocycles. The van der Waals surface area contributed by atoms with Gasteiger partial charge in [0.05, 0.1) is 22.5 Å². The van der Waals surface area contributed by atoms with Crippen LogP contribution in [0.3, 0.4) is 0 Å². The van der Waals surface area contributed by atoms with Crippen LogP contribution in [0.1, 0.15) is 37.5 Å². The van der Waals surface area contributed by atoms with E-state index in [4.69, 9.17) is 11.6 Å². The Morgan fingerprint density at radius 2 is 1.64 bits per heavy atom. The van der Waals surface area contributed by atoms with Crippen molar-refractivity contribution in [3.63, 3.8) is 0 Å². The lowest BCUT2D eigenvalue weighted by molar-refractivity contribution is -0.139. The van der Waals surface area contributed by atoms with E-state index in [1.807, 2.05) is 19.1 Å². The molecule has 1 N–H and O–H groups in total. The molecule has 0 bridgehead atoms. The van der Waals surface area contributed by atoms with Gasteiger partial charge in [-0.3, -0.25) is 13.9 Å². The second kappa shape index (κ2) is 11.5. The SMILES string of the molecule is Cc1ccc(CN(C(=O)CN(c2cc(C(F)(F)F)ccc2Cl)S(C)(=O)=O)C(C)C(=O)NC(C)C)cc1. The molecule has 0 spiro atoms. The lowest BCUT2D eigenvalue weighted by atomic mass is 10.1. The Hall–Kier alpha value is -2.79. The number of carbonyl (C=O) groups excluding carboxylic acids is 2. The smallest absolute Gasteiger partial charge is 0.352 e. The number of aryl methyl sites for hydroxylation is 1. The molecule has 0 heterocycles. The molecule has 7 nitrogen and oxygen atoms in total. The molecular formula is C24H29ClF3N3O4S. The summed E-state index contributed by atoms with van der Waals surface area (Å²) in [6.07, 6.45) is -4.00.